The smallest absolute Gasteiger partial charge is 0.323 e. The van der Waals surface area contributed by atoms with E-state index < -0.39 is 12.1 Å². The minimum Gasteiger partial charge on any atom is -0.384 e. The SMILES string of the molecule is N=C(N)c1ccc2cc(C(=O)NC3CCC(NC(=O)NC(N)=O)CC3)n(Cc3cccc4ccccc34)c2c1. The number of nitrogens with zero attached hydrogens (tertiary/aromatic N) is 1. The molecule has 10 heteroatoms. The van der Waals surface area contributed by atoms with Gasteiger partial charge in [-0.05, 0) is 54.2 Å². The highest BCUT2D eigenvalue weighted by Crippen LogP contribution is 2.27. The number of aromatic nitrogens is 1. The number of nitrogen functional groups attached to an aromatic ring is 1. The molecule has 10 nitrogen and oxygen atoms in total. The summed E-state index contributed by atoms with van der Waals surface area (Å²) in [4.78, 5) is 36.3. The summed E-state index contributed by atoms with van der Waals surface area (Å²) in [7, 11) is 0. The van der Waals surface area contributed by atoms with Gasteiger partial charge in [0.2, 0.25) is 0 Å². The number of hydrogen-bond donors (Lipinski definition) is 6. The van der Waals surface area contributed by atoms with Crippen LogP contribution in [-0.4, -0.2) is 40.5 Å². The molecule has 0 unspecified atom stereocenters. The number of carbonyl (C=O) groups is 3. The minimum atomic E-state index is -0.900. The van der Waals surface area contributed by atoms with Crippen molar-refractivity contribution >= 4 is 45.5 Å². The van der Waals surface area contributed by atoms with Crippen LogP contribution in [0.25, 0.3) is 21.7 Å². The van der Waals surface area contributed by atoms with E-state index in [0.717, 1.165) is 27.2 Å². The molecule has 0 atom stereocenters. The summed E-state index contributed by atoms with van der Waals surface area (Å²) < 4.78 is 1.99. The number of carbonyl (C=O) groups excluding carboxylic acids is 3. The summed E-state index contributed by atoms with van der Waals surface area (Å²) in [5.74, 6) is -0.214. The minimum absolute atomic E-state index is 0.0318. The molecular weight excluding hydrogens is 494 g/mol. The van der Waals surface area contributed by atoms with Crippen LogP contribution in [0.15, 0.2) is 66.7 Å². The molecule has 0 saturated heterocycles. The number of nitrogens with one attached hydrogen (secondary N) is 4. The van der Waals surface area contributed by atoms with Crippen molar-refractivity contribution in [2.45, 2.75) is 44.3 Å². The van der Waals surface area contributed by atoms with E-state index in [0.29, 0.717) is 43.5 Å². The lowest BCUT2D eigenvalue weighted by molar-refractivity contribution is 0.0915. The lowest BCUT2D eigenvalue weighted by Crippen LogP contribution is -2.49. The van der Waals surface area contributed by atoms with Gasteiger partial charge < -0.3 is 26.7 Å². The van der Waals surface area contributed by atoms with Crippen molar-refractivity contribution in [2.75, 3.05) is 0 Å². The van der Waals surface area contributed by atoms with E-state index in [1.54, 1.807) is 6.07 Å². The molecule has 8 N–H and O–H groups in total. The van der Waals surface area contributed by atoms with Crippen LogP contribution in [0.1, 0.15) is 47.3 Å². The lowest BCUT2D eigenvalue weighted by atomic mass is 9.91. The molecule has 0 aliphatic heterocycles. The number of nitrogens with two attached hydrogens (primary N) is 2. The molecule has 39 heavy (non-hydrogen) atoms. The molecule has 0 spiro atoms. The van der Waals surface area contributed by atoms with Gasteiger partial charge in [0.1, 0.15) is 11.5 Å². The van der Waals surface area contributed by atoms with E-state index in [-0.39, 0.29) is 23.8 Å². The standard InChI is InChI=1S/C29H31N7O3/c30-26(31)19-9-8-18-14-25(27(37)33-21-10-12-22(13-11-21)34-29(39)35-28(32)38)36(24(18)15-19)16-20-6-3-5-17-4-1-2-7-23(17)20/h1-9,14-15,21-22H,10-13,16H2,(H3,30,31)(H,33,37)(H4,32,34,35,38,39). The van der Waals surface area contributed by atoms with Gasteiger partial charge in [0.15, 0.2) is 0 Å². The topological polar surface area (TPSA) is 168 Å². The number of benzene rings is 3. The second-order valence-electron chi connectivity index (χ2n) is 9.93. The Bertz CT molecular complexity index is 1580. The first-order chi connectivity index (χ1) is 18.8. The number of rotatable bonds is 6. The van der Waals surface area contributed by atoms with Crippen LogP contribution in [0.3, 0.4) is 0 Å². The molecular formula is C29H31N7O3. The van der Waals surface area contributed by atoms with E-state index in [2.05, 4.69) is 34.9 Å². The summed E-state index contributed by atoms with van der Waals surface area (Å²) in [6.45, 7) is 0.473. The monoisotopic (exact) mass is 525 g/mol. The second kappa shape index (κ2) is 10.9. The van der Waals surface area contributed by atoms with Crippen LogP contribution in [0.5, 0.6) is 0 Å². The number of fused-ring (bicyclic) bond motifs is 2. The zero-order chi connectivity index (χ0) is 27.5. The summed E-state index contributed by atoms with van der Waals surface area (Å²) in [6.07, 6.45) is 2.70. The normalized spacial score (nSPS) is 17.0. The molecule has 0 bridgehead atoms. The number of primary amides is 1. The molecule has 1 fully saturated rings. The van der Waals surface area contributed by atoms with Gasteiger partial charge in [-0.1, -0.05) is 54.6 Å². The Kier molecular flexibility index (Phi) is 7.18. The zero-order valence-electron chi connectivity index (χ0n) is 21.4. The predicted molar refractivity (Wildman–Crippen MR) is 151 cm³/mol. The maximum absolute atomic E-state index is 13.6. The summed E-state index contributed by atoms with van der Waals surface area (Å²) >= 11 is 0. The van der Waals surface area contributed by atoms with Gasteiger partial charge in [-0.2, -0.15) is 0 Å². The van der Waals surface area contributed by atoms with Crippen molar-refractivity contribution in [1.82, 2.24) is 20.5 Å². The molecule has 5 amide bonds. The highest BCUT2D eigenvalue weighted by atomic mass is 16.2. The average Bonchev–Trinajstić information content (AvgIpc) is 3.27. The fourth-order valence-electron chi connectivity index (χ4n) is 5.36. The van der Waals surface area contributed by atoms with Crippen LogP contribution >= 0.6 is 0 Å². The third-order valence-corrected chi connectivity index (χ3v) is 7.29. The van der Waals surface area contributed by atoms with Crippen LogP contribution in [0.2, 0.25) is 0 Å². The fraction of sp³-hybridized carbons (Fsp3) is 0.241. The lowest BCUT2D eigenvalue weighted by Gasteiger charge is -2.29. The molecule has 1 heterocycles. The van der Waals surface area contributed by atoms with Crippen molar-refractivity contribution in [3.8, 4) is 0 Å². The molecule has 5 rings (SSSR count). The Morgan fingerprint density at radius 2 is 1.54 bits per heavy atom. The predicted octanol–water partition coefficient (Wildman–Crippen LogP) is 3.55. The van der Waals surface area contributed by atoms with Gasteiger partial charge in [0, 0.05) is 35.1 Å². The molecule has 1 aromatic heterocycles. The first-order valence-electron chi connectivity index (χ1n) is 12.9. The summed E-state index contributed by atoms with van der Waals surface area (Å²) in [5, 5.41) is 19.0. The largest absolute Gasteiger partial charge is 0.384 e. The third-order valence-electron chi connectivity index (χ3n) is 7.29. The van der Waals surface area contributed by atoms with Crippen molar-refractivity contribution in [1.29, 1.82) is 5.41 Å². The Labute approximate surface area is 225 Å². The number of imide groups is 1. The van der Waals surface area contributed by atoms with Crippen LogP contribution < -0.4 is 27.4 Å². The van der Waals surface area contributed by atoms with Gasteiger partial charge in [-0.15, -0.1) is 0 Å². The molecule has 1 aliphatic rings. The van der Waals surface area contributed by atoms with Gasteiger partial charge in [-0.3, -0.25) is 15.5 Å². The van der Waals surface area contributed by atoms with Gasteiger partial charge in [0.25, 0.3) is 5.91 Å². The number of urea groups is 2. The van der Waals surface area contributed by atoms with Crippen molar-refractivity contribution in [2.24, 2.45) is 11.5 Å². The average molecular weight is 526 g/mol. The Morgan fingerprint density at radius 3 is 2.26 bits per heavy atom. The van der Waals surface area contributed by atoms with Gasteiger partial charge in [-0.25, -0.2) is 9.59 Å². The highest BCUT2D eigenvalue weighted by Gasteiger charge is 2.26. The summed E-state index contributed by atoms with van der Waals surface area (Å²) in [6, 6.07) is 20.0. The first kappa shape index (κ1) is 25.8. The first-order valence-corrected chi connectivity index (χ1v) is 12.9. The maximum Gasteiger partial charge on any atom is 0.323 e. The molecule has 3 aromatic carbocycles. The van der Waals surface area contributed by atoms with Gasteiger partial charge in [0.05, 0.1) is 0 Å². The van der Waals surface area contributed by atoms with Crippen LogP contribution in [-0.2, 0) is 6.54 Å². The molecule has 200 valence electrons. The van der Waals surface area contributed by atoms with E-state index in [1.807, 2.05) is 46.3 Å². The van der Waals surface area contributed by atoms with E-state index in [4.69, 9.17) is 16.9 Å². The van der Waals surface area contributed by atoms with E-state index >= 15 is 0 Å². The van der Waals surface area contributed by atoms with Crippen LogP contribution in [0.4, 0.5) is 9.59 Å². The Balaban J connectivity index is 1.39. The third kappa shape index (κ3) is 5.69. The second-order valence-corrected chi connectivity index (χ2v) is 9.93. The highest BCUT2D eigenvalue weighted by molar-refractivity contribution is 6.02. The number of hydrogen-bond acceptors (Lipinski definition) is 4. The van der Waals surface area contributed by atoms with Crippen molar-refractivity contribution < 1.29 is 14.4 Å². The molecule has 1 saturated carbocycles. The molecule has 4 aromatic rings. The number of amides is 5. The number of amidine groups is 1. The Morgan fingerprint density at radius 1 is 0.846 bits per heavy atom. The Hall–Kier alpha value is -4.86. The van der Waals surface area contributed by atoms with Crippen LogP contribution in [0, 0.1) is 5.41 Å². The summed E-state index contributed by atoms with van der Waals surface area (Å²) in [5.41, 5.74) is 13.8. The van der Waals surface area contributed by atoms with Gasteiger partial charge >= 0.3 is 12.1 Å². The fourth-order valence-corrected chi connectivity index (χ4v) is 5.36. The van der Waals surface area contributed by atoms with E-state index in [9.17, 15) is 14.4 Å². The quantitative estimate of drug-likeness (QED) is 0.167. The van der Waals surface area contributed by atoms with E-state index in [1.165, 1.54) is 0 Å². The molecule has 1 aliphatic carbocycles. The molecule has 0 radical (unpaired) electrons. The van der Waals surface area contributed by atoms with Crippen molar-refractivity contribution in [3.05, 3.63) is 83.6 Å². The maximum atomic E-state index is 13.6. The van der Waals surface area contributed by atoms with Crippen molar-refractivity contribution in [3.63, 3.8) is 0 Å². The zero-order valence-corrected chi connectivity index (χ0v) is 21.4.